The summed E-state index contributed by atoms with van der Waals surface area (Å²) in [6, 6.07) is 15.7. The van der Waals surface area contributed by atoms with Crippen molar-refractivity contribution in [1.82, 2.24) is 5.32 Å². The van der Waals surface area contributed by atoms with Crippen LogP contribution in [0.5, 0.6) is 0 Å². The molecule has 3 rings (SSSR count). The number of hydrogen-bond donors (Lipinski definition) is 1. The molecule has 2 aromatic rings. The second kappa shape index (κ2) is 7.93. The quantitative estimate of drug-likeness (QED) is 0.635. The van der Waals surface area contributed by atoms with Crippen LogP contribution < -0.4 is 10.2 Å². The Labute approximate surface area is 151 Å². The Balaban J connectivity index is 1.62. The number of methoxy groups -OCH3 is 1. The van der Waals surface area contributed by atoms with Gasteiger partial charge in [-0.2, -0.15) is 0 Å². The molecule has 0 aromatic heterocycles. The summed E-state index contributed by atoms with van der Waals surface area (Å²) in [7, 11) is 1.30. The van der Waals surface area contributed by atoms with Crippen molar-refractivity contribution < 1.29 is 19.1 Å². The van der Waals surface area contributed by atoms with E-state index in [4.69, 9.17) is 0 Å². The van der Waals surface area contributed by atoms with E-state index in [2.05, 4.69) is 10.1 Å². The molecule has 6 nitrogen and oxygen atoms in total. The van der Waals surface area contributed by atoms with Crippen LogP contribution in [0.3, 0.4) is 0 Å². The summed E-state index contributed by atoms with van der Waals surface area (Å²) in [5.41, 5.74) is 2.00. The lowest BCUT2D eigenvalue weighted by Gasteiger charge is -2.16. The molecule has 1 N–H and O–H groups in total. The van der Waals surface area contributed by atoms with Crippen molar-refractivity contribution in [2.24, 2.45) is 0 Å². The largest absolute Gasteiger partial charge is 0.465 e. The fourth-order valence-corrected chi connectivity index (χ4v) is 2.96. The Morgan fingerprint density at radius 3 is 2.46 bits per heavy atom. The van der Waals surface area contributed by atoms with Crippen LogP contribution in [0.4, 0.5) is 5.69 Å². The number of amides is 2. The Kier molecular flexibility index (Phi) is 5.43. The van der Waals surface area contributed by atoms with E-state index in [9.17, 15) is 14.4 Å². The summed E-state index contributed by atoms with van der Waals surface area (Å²) in [4.78, 5) is 37.5. The van der Waals surface area contributed by atoms with Crippen LogP contribution in [-0.4, -0.2) is 37.5 Å². The smallest absolute Gasteiger partial charge is 0.337 e. The first-order chi connectivity index (χ1) is 12.6. The summed E-state index contributed by atoms with van der Waals surface area (Å²) in [5.74, 6) is -0.983. The molecule has 1 fully saturated rings. The van der Waals surface area contributed by atoms with E-state index in [1.807, 2.05) is 30.3 Å². The third kappa shape index (κ3) is 3.81. The molecule has 0 saturated carbocycles. The van der Waals surface area contributed by atoms with Crippen LogP contribution in [0.2, 0.25) is 0 Å². The first kappa shape index (κ1) is 17.8. The molecule has 2 aromatic carbocycles. The van der Waals surface area contributed by atoms with Crippen LogP contribution in [0.15, 0.2) is 54.6 Å². The molecule has 1 heterocycles. The molecule has 6 heteroatoms. The zero-order valence-corrected chi connectivity index (χ0v) is 14.5. The predicted octanol–water partition coefficient (Wildman–Crippen LogP) is 1.94. The number of rotatable bonds is 6. The number of nitrogens with one attached hydrogen (secondary N) is 1. The van der Waals surface area contributed by atoms with E-state index in [-0.39, 0.29) is 18.2 Å². The van der Waals surface area contributed by atoms with Crippen molar-refractivity contribution >= 4 is 23.5 Å². The van der Waals surface area contributed by atoms with E-state index < -0.39 is 12.0 Å². The average molecular weight is 352 g/mol. The van der Waals surface area contributed by atoms with Gasteiger partial charge in [0.1, 0.15) is 0 Å². The molecule has 0 bridgehead atoms. The van der Waals surface area contributed by atoms with Gasteiger partial charge in [-0.05, 0) is 42.8 Å². The van der Waals surface area contributed by atoms with Gasteiger partial charge in [-0.25, -0.2) is 9.69 Å². The van der Waals surface area contributed by atoms with Gasteiger partial charge in [-0.3, -0.25) is 9.59 Å². The number of imide groups is 1. The van der Waals surface area contributed by atoms with Crippen molar-refractivity contribution in [3.05, 3.63) is 65.7 Å². The van der Waals surface area contributed by atoms with E-state index in [0.29, 0.717) is 17.8 Å². The van der Waals surface area contributed by atoms with E-state index in [1.54, 1.807) is 12.1 Å². The summed E-state index contributed by atoms with van der Waals surface area (Å²) < 4.78 is 4.65. The highest BCUT2D eigenvalue weighted by molar-refractivity contribution is 6.22. The molecule has 1 saturated heterocycles. The second-order valence-corrected chi connectivity index (χ2v) is 6.05. The van der Waals surface area contributed by atoms with Crippen molar-refractivity contribution in [2.75, 3.05) is 18.6 Å². The summed E-state index contributed by atoms with van der Waals surface area (Å²) in [6.07, 6.45) is 0.916. The maximum atomic E-state index is 12.6. The van der Waals surface area contributed by atoms with Gasteiger partial charge in [0.25, 0.3) is 5.91 Å². The normalized spacial score (nSPS) is 16.8. The van der Waals surface area contributed by atoms with E-state index in [0.717, 1.165) is 6.42 Å². The molecule has 0 radical (unpaired) electrons. The average Bonchev–Trinajstić information content (AvgIpc) is 2.95. The lowest BCUT2D eigenvalue weighted by molar-refractivity contribution is -0.121. The number of carbonyl (C=O) groups excluding carboxylic acids is 3. The van der Waals surface area contributed by atoms with Gasteiger partial charge in [-0.15, -0.1) is 0 Å². The molecule has 0 aliphatic carbocycles. The number of carbonyl (C=O) groups is 3. The molecule has 134 valence electrons. The van der Waals surface area contributed by atoms with Crippen molar-refractivity contribution in [1.29, 1.82) is 0 Å². The highest BCUT2D eigenvalue weighted by Crippen LogP contribution is 2.23. The Morgan fingerprint density at radius 2 is 1.81 bits per heavy atom. The molecule has 0 unspecified atom stereocenters. The standard InChI is InChI=1S/C20H20N2O4/c1-26-20(25)15-7-9-16(10-8-15)22-18(23)13-17(19(22)24)21-12-11-14-5-3-2-4-6-14/h2-10,17,21H,11-13H2,1H3/t17-/m0/s1. The molecular formula is C20H20N2O4. The number of nitrogens with zero attached hydrogens (tertiary/aromatic N) is 1. The third-order valence-electron chi connectivity index (χ3n) is 4.34. The molecule has 1 atom stereocenters. The molecule has 1 aliphatic heterocycles. The number of esters is 1. The van der Waals surface area contributed by atoms with Crippen molar-refractivity contribution in [3.63, 3.8) is 0 Å². The highest BCUT2D eigenvalue weighted by Gasteiger charge is 2.39. The minimum atomic E-state index is -0.522. The maximum absolute atomic E-state index is 12.6. The molecular weight excluding hydrogens is 332 g/mol. The summed E-state index contributed by atoms with van der Waals surface area (Å²) >= 11 is 0. The number of ether oxygens (including phenoxy) is 1. The second-order valence-electron chi connectivity index (χ2n) is 6.05. The van der Waals surface area contributed by atoms with Gasteiger partial charge in [0.15, 0.2) is 0 Å². The highest BCUT2D eigenvalue weighted by atomic mass is 16.5. The number of benzene rings is 2. The monoisotopic (exact) mass is 352 g/mol. The Bertz CT molecular complexity index is 802. The lowest BCUT2D eigenvalue weighted by atomic mass is 10.1. The Hall–Kier alpha value is -2.99. The first-order valence-electron chi connectivity index (χ1n) is 8.42. The Morgan fingerprint density at radius 1 is 1.12 bits per heavy atom. The van der Waals surface area contributed by atoms with E-state index >= 15 is 0 Å². The van der Waals surface area contributed by atoms with Gasteiger partial charge in [0.2, 0.25) is 5.91 Å². The zero-order valence-electron chi connectivity index (χ0n) is 14.5. The molecule has 26 heavy (non-hydrogen) atoms. The topological polar surface area (TPSA) is 75.7 Å². The van der Waals surface area contributed by atoms with Gasteiger partial charge in [0, 0.05) is 0 Å². The van der Waals surface area contributed by atoms with Gasteiger partial charge >= 0.3 is 5.97 Å². The molecule has 2 amide bonds. The molecule has 0 spiro atoms. The summed E-state index contributed by atoms with van der Waals surface area (Å²) in [5, 5.41) is 3.16. The van der Waals surface area contributed by atoms with E-state index in [1.165, 1.54) is 29.7 Å². The lowest BCUT2D eigenvalue weighted by Crippen LogP contribution is -2.39. The van der Waals surface area contributed by atoms with Crippen LogP contribution in [0.1, 0.15) is 22.3 Å². The predicted molar refractivity (Wildman–Crippen MR) is 96.8 cm³/mol. The van der Waals surface area contributed by atoms with Crippen LogP contribution in [-0.2, 0) is 20.7 Å². The van der Waals surface area contributed by atoms with Crippen LogP contribution in [0, 0.1) is 0 Å². The van der Waals surface area contributed by atoms with Crippen molar-refractivity contribution in [3.8, 4) is 0 Å². The van der Waals surface area contributed by atoms with Gasteiger partial charge < -0.3 is 10.1 Å². The van der Waals surface area contributed by atoms with Crippen LogP contribution in [0.25, 0.3) is 0 Å². The number of anilines is 1. The fraction of sp³-hybridized carbons (Fsp3) is 0.250. The zero-order chi connectivity index (χ0) is 18.5. The molecule has 1 aliphatic rings. The number of hydrogen-bond acceptors (Lipinski definition) is 5. The van der Waals surface area contributed by atoms with Gasteiger partial charge in [0.05, 0.1) is 30.8 Å². The first-order valence-corrected chi connectivity index (χ1v) is 8.42. The minimum absolute atomic E-state index is 0.131. The maximum Gasteiger partial charge on any atom is 0.337 e. The minimum Gasteiger partial charge on any atom is -0.465 e. The third-order valence-corrected chi connectivity index (χ3v) is 4.34. The van der Waals surface area contributed by atoms with Crippen molar-refractivity contribution in [2.45, 2.75) is 18.9 Å². The SMILES string of the molecule is COC(=O)c1ccc(N2C(=O)C[C@H](NCCc3ccccc3)C2=O)cc1. The fourth-order valence-electron chi connectivity index (χ4n) is 2.96. The summed E-state index contributed by atoms with van der Waals surface area (Å²) in [6.45, 7) is 0.614. The van der Waals surface area contributed by atoms with Crippen LogP contribution >= 0.6 is 0 Å². The van der Waals surface area contributed by atoms with Gasteiger partial charge in [-0.1, -0.05) is 30.3 Å².